The molecule has 4 rings (SSSR count). The van der Waals surface area contributed by atoms with Gasteiger partial charge in [-0.1, -0.05) is 0 Å². The molecule has 1 saturated heterocycles. The van der Waals surface area contributed by atoms with Crippen LogP contribution < -0.4 is 9.47 Å². The van der Waals surface area contributed by atoms with Crippen molar-refractivity contribution in [1.29, 1.82) is 0 Å². The van der Waals surface area contributed by atoms with Crippen molar-refractivity contribution >= 4 is 17.2 Å². The number of ether oxygens (including phenoxy) is 2. The molecule has 0 aliphatic carbocycles. The number of rotatable bonds is 7. The van der Waals surface area contributed by atoms with Crippen molar-refractivity contribution in [1.82, 2.24) is 9.80 Å². The van der Waals surface area contributed by atoms with E-state index in [-0.39, 0.29) is 5.91 Å². The van der Waals surface area contributed by atoms with Crippen LogP contribution in [-0.2, 0) is 24.1 Å². The molecule has 0 radical (unpaired) electrons. The molecule has 1 fully saturated rings. The summed E-state index contributed by atoms with van der Waals surface area (Å²) in [5.74, 6) is 2.24. The number of fused-ring (bicyclic) bond motifs is 1. The van der Waals surface area contributed by atoms with E-state index in [1.54, 1.807) is 25.6 Å². The zero-order valence-electron chi connectivity index (χ0n) is 18.1. The third kappa shape index (κ3) is 4.98. The molecule has 1 amide bonds. The number of carbonyl (C=O) groups excluding carboxylic acids is 1. The van der Waals surface area contributed by atoms with Crippen LogP contribution >= 0.6 is 11.3 Å². The highest BCUT2D eigenvalue weighted by Gasteiger charge is 2.27. The number of carbonyl (C=O) groups is 1. The van der Waals surface area contributed by atoms with Crippen LogP contribution in [0.3, 0.4) is 0 Å². The van der Waals surface area contributed by atoms with Crippen molar-refractivity contribution in [2.75, 3.05) is 46.9 Å². The summed E-state index contributed by atoms with van der Waals surface area (Å²) in [7, 11) is 3.30. The molecule has 0 N–H and O–H groups in total. The highest BCUT2D eigenvalue weighted by molar-refractivity contribution is 7.07. The summed E-state index contributed by atoms with van der Waals surface area (Å²) in [6.45, 7) is 5.05. The molecule has 1 aromatic heterocycles. The summed E-state index contributed by atoms with van der Waals surface area (Å²) in [5.41, 5.74) is 3.71. The maximum absolute atomic E-state index is 13.0. The molecule has 2 aliphatic heterocycles. The van der Waals surface area contributed by atoms with Crippen molar-refractivity contribution in [2.24, 2.45) is 5.92 Å². The third-order valence-corrected chi connectivity index (χ3v) is 7.16. The van der Waals surface area contributed by atoms with Gasteiger partial charge in [-0.15, -0.1) is 0 Å². The second kappa shape index (κ2) is 9.84. The molecule has 0 saturated carbocycles. The van der Waals surface area contributed by atoms with Gasteiger partial charge in [0.05, 0.1) is 20.6 Å². The number of methoxy groups -OCH3 is 2. The van der Waals surface area contributed by atoms with Crippen molar-refractivity contribution < 1.29 is 14.3 Å². The summed E-state index contributed by atoms with van der Waals surface area (Å²) >= 11 is 1.77. The lowest BCUT2D eigenvalue weighted by Gasteiger charge is -2.35. The van der Waals surface area contributed by atoms with Gasteiger partial charge in [-0.25, -0.2) is 0 Å². The largest absolute Gasteiger partial charge is 0.493 e. The zero-order chi connectivity index (χ0) is 20.9. The lowest BCUT2D eigenvalue weighted by Crippen LogP contribution is -2.43. The lowest BCUT2D eigenvalue weighted by molar-refractivity contribution is -0.131. The molecule has 1 aromatic carbocycles. The number of thiophene rings is 1. The molecular weight excluding hydrogens is 396 g/mol. The van der Waals surface area contributed by atoms with Gasteiger partial charge >= 0.3 is 0 Å². The summed E-state index contributed by atoms with van der Waals surface area (Å²) in [6, 6.07) is 6.24. The number of hydrogen-bond acceptors (Lipinski definition) is 5. The molecule has 30 heavy (non-hydrogen) atoms. The first-order valence-electron chi connectivity index (χ1n) is 10.9. The fraction of sp³-hybridized carbons (Fsp3) is 0.542. The van der Waals surface area contributed by atoms with Gasteiger partial charge in [-0.2, -0.15) is 11.3 Å². The number of nitrogens with zero attached hydrogens (tertiary/aromatic N) is 2. The molecule has 0 bridgehead atoms. The van der Waals surface area contributed by atoms with E-state index in [9.17, 15) is 4.79 Å². The van der Waals surface area contributed by atoms with Gasteiger partial charge in [0.2, 0.25) is 5.91 Å². The standard InChI is InChI=1S/C24H32N2O3S/c1-28-22-12-20-6-10-26(24(27)14-21(20)13-23(22)29-2)16-19-4-3-8-25(15-19)9-5-18-7-11-30-17-18/h7,11-13,17,19H,3-6,8-10,14-16H2,1-2H3. The van der Waals surface area contributed by atoms with Crippen LogP contribution in [0.4, 0.5) is 0 Å². The monoisotopic (exact) mass is 428 g/mol. The SMILES string of the molecule is COc1cc2c(cc1OC)CC(=O)N(CC1CCCN(CCc3ccsc3)C1)CC2. The molecule has 0 spiro atoms. The quantitative estimate of drug-likeness (QED) is 0.675. The maximum atomic E-state index is 13.0. The van der Waals surface area contributed by atoms with Gasteiger partial charge in [0, 0.05) is 26.2 Å². The van der Waals surface area contributed by atoms with E-state index in [2.05, 4.69) is 26.6 Å². The molecule has 5 nitrogen and oxygen atoms in total. The first-order valence-corrected chi connectivity index (χ1v) is 11.9. The second-order valence-corrected chi connectivity index (χ2v) is 9.21. The molecule has 6 heteroatoms. The predicted molar refractivity (Wildman–Crippen MR) is 121 cm³/mol. The Kier molecular flexibility index (Phi) is 6.95. The van der Waals surface area contributed by atoms with Crippen molar-refractivity contribution in [3.8, 4) is 11.5 Å². The van der Waals surface area contributed by atoms with Crippen molar-refractivity contribution in [2.45, 2.75) is 32.1 Å². The highest BCUT2D eigenvalue weighted by Crippen LogP contribution is 2.32. The van der Waals surface area contributed by atoms with Crippen LogP contribution in [-0.4, -0.2) is 62.7 Å². The summed E-state index contributed by atoms with van der Waals surface area (Å²) in [4.78, 5) is 17.7. The summed E-state index contributed by atoms with van der Waals surface area (Å²) < 4.78 is 10.9. The number of benzene rings is 1. The van der Waals surface area contributed by atoms with Gasteiger partial charge in [0.1, 0.15) is 0 Å². The first kappa shape index (κ1) is 21.2. The van der Waals surface area contributed by atoms with E-state index in [1.807, 2.05) is 12.1 Å². The Morgan fingerprint density at radius 1 is 1.13 bits per heavy atom. The fourth-order valence-electron chi connectivity index (χ4n) is 4.75. The summed E-state index contributed by atoms with van der Waals surface area (Å²) in [5, 5.41) is 4.40. The molecule has 3 heterocycles. The minimum absolute atomic E-state index is 0.233. The topological polar surface area (TPSA) is 42.0 Å². The summed E-state index contributed by atoms with van der Waals surface area (Å²) in [6.07, 6.45) is 4.89. The molecule has 1 atom stereocenters. The first-order chi connectivity index (χ1) is 14.7. The average Bonchev–Trinajstić information content (AvgIpc) is 3.24. The number of piperidine rings is 1. The smallest absolute Gasteiger partial charge is 0.227 e. The number of amides is 1. The minimum atomic E-state index is 0.233. The lowest BCUT2D eigenvalue weighted by atomic mass is 9.97. The van der Waals surface area contributed by atoms with Crippen molar-refractivity contribution in [3.05, 3.63) is 45.6 Å². The van der Waals surface area contributed by atoms with E-state index in [4.69, 9.17) is 9.47 Å². The van der Waals surface area contributed by atoms with E-state index < -0.39 is 0 Å². The van der Waals surface area contributed by atoms with Crippen LogP contribution in [0, 0.1) is 5.92 Å². The molecule has 162 valence electrons. The Labute approximate surface area is 183 Å². The predicted octanol–water partition coefficient (Wildman–Crippen LogP) is 3.65. The van der Waals surface area contributed by atoms with Gasteiger partial charge in [0.25, 0.3) is 0 Å². The molecular formula is C24H32N2O3S. The maximum Gasteiger partial charge on any atom is 0.227 e. The Bertz CT molecular complexity index is 852. The molecule has 2 aromatic rings. The van der Waals surface area contributed by atoms with Crippen LogP contribution in [0.5, 0.6) is 11.5 Å². The van der Waals surface area contributed by atoms with E-state index in [0.717, 1.165) is 50.3 Å². The normalized spacial score (nSPS) is 20.0. The Morgan fingerprint density at radius 3 is 2.67 bits per heavy atom. The highest BCUT2D eigenvalue weighted by atomic mass is 32.1. The van der Waals surface area contributed by atoms with Crippen LogP contribution in [0.1, 0.15) is 29.5 Å². The third-order valence-electron chi connectivity index (χ3n) is 6.43. The minimum Gasteiger partial charge on any atom is -0.493 e. The molecule has 2 aliphatic rings. The Balaban J connectivity index is 1.36. The van der Waals surface area contributed by atoms with Crippen LogP contribution in [0.25, 0.3) is 0 Å². The second-order valence-electron chi connectivity index (χ2n) is 8.43. The Hall–Kier alpha value is -2.05. The van der Waals surface area contributed by atoms with Crippen LogP contribution in [0.2, 0.25) is 0 Å². The Morgan fingerprint density at radius 2 is 1.93 bits per heavy atom. The van der Waals surface area contributed by atoms with Gasteiger partial charge in [-0.3, -0.25) is 4.79 Å². The molecule has 1 unspecified atom stereocenters. The van der Waals surface area contributed by atoms with E-state index in [1.165, 1.54) is 30.5 Å². The van der Waals surface area contributed by atoms with E-state index >= 15 is 0 Å². The van der Waals surface area contributed by atoms with Gasteiger partial charge < -0.3 is 19.3 Å². The van der Waals surface area contributed by atoms with Crippen LogP contribution in [0.15, 0.2) is 29.0 Å². The van der Waals surface area contributed by atoms with Gasteiger partial charge in [0.15, 0.2) is 11.5 Å². The fourth-order valence-corrected chi connectivity index (χ4v) is 5.45. The van der Waals surface area contributed by atoms with Gasteiger partial charge in [-0.05, 0) is 83.8 Å². The van der Waals surface area contributed by atoms with Crippen molar-refractivity contribution in [3.63, 3.8) is 0 Å². The zero-order valence-corrected chi connectivity index (χ0v) is 18.9. The van der Waals surface area contributed by atoms with E-state index in [0.29, 0.717) is 18.1 Å². The number of likely N-dealkylation sites (tertiary alicyclic amines) is 1. The average molecular weight is 429 g/mol. The number of hydrogen-bond donors (Lipinski definition) is 0.